The Morgan fingerprint density at radius 2 is 1.57 bits per heavy atom. The second-order valence-corrected chi connectivity index (χ2v) is 4.55. The van der Waals surface area contributed by atoms with Gasteiger partial charge in [-0.2, -0.15) is 0 Å². The maximum atomic E-state index is 5.81. The second kappa shape index (κ2) is 8.34. The van der Waals surface area contributed by atoms with Gasteiger partial charge in [-0.1, -0.05) is 51.9 Å². The first-order valence-corrected chi connectivity index (χ1v) is 6.55. The minimum absolute atomic E-state index is 0.616. The highest BCUT2D eigenvalue weighted by atomic mass is 16.4. The largest absolute Gasteiger partial charge is 0.436 e. The lowest BCUT2D eigenvalue weighted by atomic mass is 9.66. The molecular weight excluding hydrogens is 171 g/mol. The molecule has 0 saturated carbocycles. The molecule has 0 aromatic rings. The standard InChI is InChI=1S/C12H25BO/c1-2-3-4-5-6-9-12-14-13-10-7-8-11-13/h2-12H2,1H3. The summed E-state index contributed by atoms with van der Waals surface area (Å²) >= 11 is 0. The predicted molar refractivity (Wildman–Crippen MR) is 63.9 cm³/mol. The van der Waals surface area contributed by atoms with Crippen molar-refractivity contribution in [1.29, 1.82) is 0 Å². The van der Waals surface area contributed by atoms with Gasteiger partial charge in [-0.3, -0.25) is 0 Å². The van der Waals surface area contributed by atoms with Crippen molar-refractivity contribution in [2.75, 3.05) is 6.61 Å². The van der Waals surface area contributed by atoms with E-state index in [0.29, 0.717) is 6.92 Å². The van der Waals surface area contributed by atoms with Crippen molar-refractivity contribution < 1.29 is 4.65 Å². The van der Waals surface area contributed by atoms with Gasteiger partial charge in [0.1, 0.15) is 0 Å². The zero-order valence-corrected chi connectivity index (χ0v) is 9.76. The zero-order chi connectivity index (χ0) is 10.1. The van der Waals surface area contributed by atoms with E-state index in [4.69, 9.17) is 4.65 Å². The van der Waals surface area contributed by atoms with Gasteiger partial charge in [0.15, 0.2) is 0 Å². The molecule has 0 aliphatic carbocycles. The van der Waals surface area contributed by atoms with E-state index in [-0.39, 0.29) is 0 Å². The molecule has 0 bridgehead atoms. The topological polar surface area (TPSA) is 9.23 Å². The van der Waals surface area contributed by atoms with Crippen LogP contribution in [0.15, 0.2) is 0 Å². The van der Waals surface area contributed by atoms with Gasteiger partial charge in [-0.15, -0.1) is 0 Å². The maximum absolute atomic E-state index is 5.81. The lowest BCUT2D eigenvalue weighted by Crippen LogP contribution is -2.13. The minimum atomic E-state index is 0.616. The lowest BCUT2D eigenvalue weighted by Gasteiger charge is -2.07. The molecule has 0 aromatic carbocycles. The summed E-state index contributed by atoms with van der Waals surface area (Å²) in [4.78, 5) is 0. The Hall–Kier alpha value is 0.0249. The fraction of sp³-hybridized carbons (Fsp3) is 1.00. The van der Waals surface area contributed by atoms with Crippen LogP contribution >= 0.6 is 0 Å². The molecule has 1 saturated heterocycles. The summed E-state index contributed by atoms with van der Waals surface area (Å²) in [5, 5.41) is 0. The van der Waals surface area contributed by atoms with Crippen LogP contribution in [0.1, 0.15) is 58.3 Å². The van der Waals surface area contributed by atoms with Crippen molar-refractivity contribution in [3.05, 3.63) is 0 Å². The highest BCUT2D eigenvalue weighted by molar-refractivity contribution is 6.52. The average molecular weight is 196 g/mol. The Bertz CT molecular complexity index is 121. The van der Waals surface area contributed by atoms with Gasteiger partial charge in [-0.05, 0) is 19.1 Å². The fourth-order valence-electron chi connectivity index (χ4n) is 2.19. The van der Waals surface area contributed by atoms with E-state index in [0.717, 1.165) is 6.61 Å². The van der Waals surface area contributed by atoms with Gasteiger partial charge in [0.05, 0.1) is 0 Å². The van der Waals surface area contributed by atoms with Crippen LogP contribution in [0.25, 0.3) is 0 Å². The van der Waals surface area contributed by atoms with Crippen LogP contribution in [0, 0.1) is 0 Å². The molecule has 1 fully saturated rings. The number of hydrogen-bond donors (Lipinski definition) is 0. The molecule has 0 spiro atoms. The van der Waals surface area contributed by atoms with E-state index in [1.807, 2.05) is 0 Å². The van der Waals surface area contributed by atoms with E-state index in [1.165, 1.54) is 64.0 Å². The Balaban J connectivity index is 1.75. The molecule has 0 atom stereocenters. The van der Waals surface area contributed by atoms with Crippen LogP contribution in [0.5, 0.6) is 0 Å². The van der Waals surface area contributed by atoms with Gasteiger partial charge in [0.25, 0.3) is 6.92 Å². The third kappa shape index (κ3) is 5.69. The molecule has 0 amide bonds. The maximum Gasteiger partial charge on any atom is 0.293 e. The van der Waals surface area contributed by atoms with Crippen LogP contribution in [-0.2, 0) is 4.65 Å². The monoisotopic (exact) mass is 196 g/mol. The molecule has 0 aromatic heterocycles. The molecule has 1 rings (SSSR count). The van der Waals surface area contributed by atoms with Gasteiger partial charge < -0.3 is 4.65 Å². The molecule has 1 aliphatic heterocycles. The zero-order valence-electron chi connectivity index (χ0n) is 9.76. The van der Waals surface area contributed by atoms with Crippen molar-refractivity contribution in [2.24, 2.45) is 0 Å². The molecule has 1 aliphatic rings. The van der Waals surface area contributed by atoms with E-state index >= 15 is 0 Å². The minimum Gasteiger partial charge on any atom is -0.436 e. The molecule has 2 heteroatoms. The summed E-state index contributed by atoms with van der Waals surface area (Å²) in [6.07, 6.45) is 13.6. The Kier molecular flexibility index (Phi) is 7.21. The second-order valence-electron chi connectivity index (χ2n) is 4.55. The molecule has 1 nitrogen and oxygen atoms in total. The van der Waals surface area contributed by atoms with Crippen molar-refractivity contribution in [3.63, 3.8) is 0 Å². The van der Waals surface area contributed by atoms with E-state index < -0.39 is 0 Å². The Morgan fingerprint density at radius 1 is 0.929 bits per heavy atom. The quantitative estimate of drug-likeness (QED) is 0.418. The van der Waals surface area contributed by atoms with Crippen molar-refractivity contribution in [3.8, 4) is 0 Å². The van der Waals surface area contributed by atoms with Crippen LogP contribution in [0.3, 0.4) is 0 Å². The normalized spacial score (nSPS) is 16.5. The summed E-state index contributed by atoms with van der Waals surface area (Å²) in [6.45, 7) is 3.89. The first-order valence-electron chi connectivity index (χ1n) is 6.55. The fourth-order valence-corrected chi connectivity index (χ4v) is 2.19. The molecule has 1 heterocycles. The number of unbranched alkanes of at least 4 members (excludes halogenated alkanes) is 5. The SMILES string of the molecule is CCCCCCCCOB1CCCC1. The summed E-state index contributed by atoms with van der Waals surface area (Å²) in [6, 6.07) is 0. The third-order valence-electron chi connectivity index (χ3n) is 3.15. The molecule has 14 heavy (non-hydrogen) atoms. The van der Waals surface area contributed by atoms with Crippen molar-refractivity contribution in [1.82, 2.24) is 0 Å². The lowest BCUT2D eigenvalue weighted by molar-refractivity contribution is 0.308. The van der Waals surface area contributed by atoms with Crippen molar-refractivity contribution in [2.45, 2.75) is 70.9 Å². The van der Waals surface area contributed by atoms with E-state index in [9.17, 15) is 0 Å². The first kappa shape index (κ1) is 12.1. The summed E-state index contributed by atoms with van der Waals surface area (Å²) in [7, 11) is 0. The molecule has 0 radical (unpaired) electrons. The van der Waals surface area contributed by atoms with E-state index in [2.05, 4.69) is 6.92 Å². The summed E-state index contributed by atoms with van der Waals surface area (Å²) in [5.74, 6) is 0. The first-order chi connectivity index (χ1) is 6.93. The predicted octanol–water partition coefficient (Wildman–Crippen LogP) is 4.15. The molecule has 0 unspecified atom stereocenters. The van der Waals surface area contributed by atoms with Crippen molar-refractivity contribution >= 4 is 6.92 Å². The van der Waals surface area contributed by atoms with Gasteiger partial charge in [0.2, 0.25) is 0 Å². The smallest absolute Gasteiger partial charge is 0.293 e. The van der Waals surface area contributed by atoms with Gasteiger partial charge in [-0.25, -0.2) is 0 Å². The Morgan fingerprint density at radius 3 is 2.29 bits per heavy atom. The van der Waals surface area contributed by atoms with Crippen LogP contribution < -0.4 is 0 Å². The highest BCUT2D eigenvalue weighted by Gasteiger charge is 2.20. The molecule has 82 valence electrons. The summed E-state index contributed by atoms with van der Waals surface area (Å²) < 4.78 is 5.81. The number of hydrogen-bond acceptors (Lipinski definition) is 1. The van der Waals surface area contributed by atoms with Crippen LogP contribution in [-0.4, -0.2) is 13.5 Å². The Labute approximate surface area is 89.7 Å². The third-order valence-corrected chi connectivity index (χ3v) is 3.15. The highest BCUT2D eigenvalue weighted by Crippen LogP contribution is 2.20. The van der Waals surface area contributed by atoms with Crippen LogP contribution in [0.4, 0.5) is 0 Å². The molecular formula is C12H25BO. The van der Waals surface area contributed by atoms with Crippen LogP contribution in [0.2, 0.25) is 12.6 Å². The average Bonchev–Trinajstić information content (AvgIpc) is 2.69. The number of rotatable bonds is 8. The summed E-state index contributed by atoms with van der Waals surface area (Å²) in [5.41, 5.74) is 0. The van der Waals surface area contributed by atoms with Gasteiger partial charge >= 0.3 is 0 Å². The van der Waals surface area contributed by atoms with E-state index in [1.54, 1.807) is 0 Å². The van der Waals surface area contributed by atoms with Gasteiger partial charge in [0, 0.05) is 6.61 Å². The molecule has 0 N–H and O–H groups in total.